The van der Waals surface area contributed by atoms with Gasteiger partial charge >= 0.3 is 0 Å². The number of carbonyl (C=O) groups excluding carboxylic acids is 1. The second-order valence-corrected chi connectivity index (χ2v) is 4.52. The summed E-state index contributed by atoms with van der Waals surface area (Å²) >= 11 is 5.56. The molecule has 0 saturated carbocycles. The average Bonchev–Trinajstić information content (AvgIpc) is 2.33. The summed E-state index contributed by atoms with van der Waals surface area (Å²) in [5, 5.41) is 9.08. The molecule has 0 unspecified atom stereocenters. The van der Waals surface area contributed by atoms with Crippen LogP contribution in [0.3, 0.4) is 0 Å². The third-order valence-corrected chi connectivity index (χ3v) is 2.92. The molecule has 1 aromatic carbocycles. The van der Waals surface area contributed by atoms with E-state index in [-0.39, 0.29) is 17.2 Å². The van der Waals surface area contributed by atoms with Crippen molar-refractivity contribution in [3.63, 3.8) is 0 Å². The van der Waals surface area contributed by atoms with E-state index in [0.717, 1.165) is 25.3 Å². The van der Waals surface area contributed by atoms with Gasteiger partial charge in [-0.05, 0) is 25.0 Å². The number of rotatable bonds is 6. The number of unbranched alkanes of at least 4 members (excludes halogenated alkanes) is 2. The number of hydrogen-bond donors (Lipinski definition) is 1. The zero-order valence-electron chi connectivity index (χ0n) is 10.3. The highest BCUT2D eigenvalue weighted by Crippen LogP contribution is 2.16. The Labute approximate surface area is 111 Å². The summed E-state index contributed by atoms with van der Waals surface area (Å²) in [6.07, 6.45) is 2.70. The van der Waals surface area contributed by atoms with Gasteiger partial charge in [-0.1, -0.05) is 6.42 Å². The van der Waals surface area contributed by atoms with E-state index in [4.69, 9.17) is 16.7 Å². The van der Waals surface area contributed by atoms with Crippen molar-refractivity contribution >= 4 is 17.5 Å². The minimum atomic E-state index is -0.701. The van der Waals surface area contributed by atoms with E-state index in [0.29, 0.717) is 12.4 Å². The Morgan fingerprint density at radius 3 is 2.72 bits per heavy atom. The van der Waals surface area contributed by atoms with Crippen molar-refractivity contribution in [1.82, 2.24) is 4.90 Å². The van der Waals surface area contributed by atoms with Crippen LogP contribution in [0.4, 0.5) is 4.39 Å². The molecular weight excluding hydrogens is 257 g/mol. The maximum Gasteiger partial charge on any atom is 0.256 e. The SMILES string of the molecule is CN(CCCCCCl)C(=O)c1ccc(O)cc1F. The van der Waals surface area contributed by atoms with Crippen molar-refractivity contribution < 1.29 is 14.3 Å². The summed E-state index contributed by atoms with van der Waals surface area (Å²) in [6.45, 7) is 0.566. The maximum atomic E-state index is 13.5. The van der Waals surface area contributed by atoms with Gasteiger partial charge in [0.2, 0.25) is 0 Å². The zero-order chi connectivity index (χ0) is 13.5. The minimum absolute atomic E-state index is 0.0207. The molecule has 0 atom stereocenters. The van der Waals surface area contributed by atoms with Crippen molar-refractivity contribution in [2.45, 2.75) is 19.3 Å². The number of hydrogen-bond acceptors (Lipinski definition) is 2. The molecule has 0 aliphatic rings. The monoisotopic (exact) mass is 273 g/mol. The molecule has 1 aromatic rings. The molecule has 18 heavy (non-hydrogen) atoms. The van der Waals surface area contributed by atoms with Crippen LogP contribution in [0.1, 0.15) is 29.6 Å². The lowest BCUT2D eigenvalue weighted by atomic mass is 10.1. The van der Waals surface area contributed by atoms with Crippen LogP contribution in [-0.4, -0.2) is 35.4 Å². The Hall–Kier alpha value is -1.29. The molecule has 0 heterocycles. The smallest absolute Gasteiger partial charge is 0.256 e. The third-order valence-electron chi connectivity index (χ3n) is 2.66. The molecule has 5 heteroatoms. The van der Waals surface area contributed by atoms with Crippen molar-refractivity contribution in [3.8, 4) is 5.75 Å². The summed E-state index contributed by atoms with van der Waals surface area (Å²) in [6, 6.07) is 3.54. The number of halogens is 2. The van der Waals surface area contributed by atoms with Crippen LogP contribution in [0.5, 0.6) is 5.75 Å². The first-order chi connectivity index (χ1) is 8.56. The van der Waals surface area contributed by atoms with Gasteiger partial charge in [0.25, 0.3) is 5.91 Å². The van der Waals surface area contributed by atoms with Crippen LogP contribution in [0.15, 0.2) is 18.2 Å². The second kappa shape index (κ2) is 7.21. The molecule has 1 amide bonds. The number of carbonyl (C=O) groups is 1. The number of benzene rings is 1. The number of phenolic OH excluding ortho intramolecular Hbond substituents is 1. The standard InChI is InChI=1S/C13H17ClFNO2/c1-16(8-4-2-3-7-14)13(18)11-6-5-10(17)9-12(11)15/h5-6,9,17H,2-4,7-8H2,1H3. The Kier molecular flexibility index (Phi) is 5.92. The highest BCUT2D eigenvalue weighted by Gasteiger charge is 2.16. The van der Waals surface area contributed by atoms with E-state index in [9.17, 15) is 9.18 Å². The van der Waals surface area contributed by atoms with Crippen molar-refractivity contribution in [1.29, 1.82) is 0 Å². The Balaban J connectivity index is 2.57. The molecule has 0 bridgehead atoms. The van der Waals surface area contributed by atoms with Gasteiger partial charge in [-0.15, -0.1) is 11.6 Å². The Bertz CT molecular complexity index is 412. The fourth-order valence-electron chi connectivity index (χ4n) is 1.60. The molecule has 0 spiro atoms. The second-order valence-electron chi connectivity index (χ2n) is 4.14. The lowest BCUT2D eigenvalue weighted by Gasteiger charge is -2.17. The van der Waals surface area contributed by atoms with Crippen molar-refractivity contribution in [2.75, 3.05) is 19.5 Å². The average molecular weight is 274 g/mol. The topological polar surface area (TPSA) is 40.5 Å². The lowest BCUT2D eigenvalue weighted by Crippen LogP contribution is -2.28. The van der Waals surface area contributed by atoms with Gasteiger partial charge in [-0.2, -0.15) is 0 Å². The highest BCUT2D eigenvalue weighted by molar-refractivity contribution is 6.17. The van der Waals surface area contributed by atoms with Crippen molar-refractivity contribution in [3.05, 3.63) is 29.6 Å². The molecule has 3 nitrogen and oxygen atoms in total. The highest BCUT2D eigenvalue weighted by atomic mass is 35.5. The number of phenols is 1. The summed E-state index contributed by atoms with van der Waals surface area (Å²) in [5.74, 6) is -0.649. The van der Waals surface area contributed by atoms with E-state index < -0.39 is 5.82 Å². The molecule has 0 aromatic heterocycles. The van der Waals surface area contributed by atoms with Crippen LogP contribution < -0.4 is 0 Å². The molecule has 0 aliphatic heterocycles. The van der Waals surface area contributed by atoms with Crippen molar-refractivity contribution in [2.24, 2.45) is 0 Å². The van der Waals surface area contributed by atoms with Gasteiger partial charge < -0.3 is 10.0 Å². The number of nitrogens with zero attached hydrogens (tertiary/aromatic N) is 1. The minimum Gasteiger partial charge on any atom is -0.508 e. The molecule has 0 saturated heterocycles. The zero-order valence-corrected chi connectivity index (χ0v) is 11.1. The van der Waals surface area contributed by atoms with Gasteiger partial charge in [-0.3, -0.25) is 4.79 Å². The fraction of sp³-hybridized carbons (Fsp3) is 0.462. The predicted molar refractivity (Wildman–Crippen MR) is 69.6 cm³/mol. The Morgan fingerprint density at radius 1 is 1.39 bits per heavy atom. The molecule has 0 aliphatic carbocycles. The van der Waals surface area contributed by atoms with E-state index in [1.54, 1.807) is 7.05 Å². The molecule has 100 valence electrons. The van der Waals surface area contributed by atoms with Crippen LogP contribution in [-0.2, 0) is 0 Å². The number of amides is 1. The van der Waals surface area contributed by atoms with Crippen LogP contribution in [0.25, 0.3) is 0 Å². The normalized spacial score (nSPS) is 10.4. The third kappa shape index (κ3) is 4.18. The Morgan fingerprint density at radius 2 is 2.11 bits per heavy atom. The van der Waals surface area contributed by atoms with Gasteiger partial charge in [0, 0.05) is 25.5 Å². The first-order valence-corrected chi connectivity index (χ1v) is 6.39. The van der Waals surface area contributed by atoms with Crippen LogP contribution in [0.2, 0.25) is 0 Å². The van der Waals surface area contributed by atoms with E-state index in [1.165, 1.54) is 17.0 Å². The summed E-state index contributed by atoms with van der Waals surface area (Å²) < 4.78 is 13.5. The van der Waals surface area contributed by atoms with Crippen LogP contribution in [0, 0.1) is 5.82 Å². The largest absolute Gasteiger partial charge is 0.508 e. The molecule has 1 N–H and O–H groups in total. The lowest BCUT2D eigenvalue weighted by molar-refractivity contribution is 0.0788. The molecule has 1 rings (SSSR count). The number of alkyl halides is 1. The molecule has 0 radical (unpaired) electrons. The summed E-state index contributed by atoms with van der Waals surface area (Å²) in [4.78, 5) is 13.4. The van der Waals surface area contributed by atoms with E-state index in [2.05, 4.69) is 0 Å². The molecular formula is C13H17ClFNO2. The van der Waals surface area contributed by atoms with E-state index in [1.807, 2.05) is 0 Å². The summed E-state index contributed by atoms with van der Waals surface area (Å²) in [7, 11) is 1.63. The fourth-order valence-corrected chi connectivity index (χ4v) is 1.79. The quantitative estimate of drug-likeness (QED) is 0.639. The predicted octanol–water partition coefficient (Wildman–Crippen LogP) is 3.01. The first kappa shape index (κ1) is 14.8. The van der Waals surface area contributed by atoms with Gasteiger partial charge in [0.1, 0.15) is 11.6 Å². The summed E-state index contributed by atoms with van der Waals surface area (Å²) in [5.41, 5.74) is -0.0207. The molecule has 0 fully saturated rings. The first-order valence-electron chi connectivity index (χ1n) is 5.86. The maximum absolute atomic E-state index is 13.5. The van der Waals surface area contributed by atoms with Gasteiger partial charge in [0.15, 0.2) is 0 Å². The van der Waals surface area contributed by atoms with Gasteiger partial charge in [0.05, 0.1) is 5.56 Å². The number of aromatic hydroxyl groups is 1. The van der Waals surface area contributed by atoms with E-state index >= 15 is 0 Å². The van der Waals surface area contributed by atoms with Gasteiger partial charge in [-0.25, -0.2) is 4.39 Å². The van der Waals surface area contributed by atoms with Crippen LogP contribution >= 0.6 is 11.6 Å².